The Kier molecular flexibility index (Phi) is 2.81. The summed E-state index contributed by atoms with van der Waals surface area (Å²) in [6, 6.07) is 0. The van der Waals surface area contributed by atoms with E-state index in [1.54, 1.807) is 0 Å². The summed E-state index contributed by atoms with van der Waals surface area (Å²) >= 11 is 0. The molecule has 4 heteroatoms. The van der Waals surface area contributed by atoms with Crippen LogP contribution in [0.1, 0.15) is 33.6 Å². The minimum atomic E-state index is -0.658. The van der Waals surface area contributed by atoms with Crippen LogP contribution in [0.25, 0.3) is 0 Å². The zero-order chi connectivity index (χ0) is 10.1. The number of hydrogen-bond acceptors (Lipinski definition) is 3. The largest absolute Gasteiger partial charge is 0.444 e. The number of hydrogen-bond donors (Lipinski definition) is 1. The van der Waals surface area contributed by atoms with Crippen LogP contribution in [-0.2, 0) is 4.74 Å². The van der Waals surface area contributed by atoms with Gasteiger partial charge in [0, 0.05) is 6.54 Å². The van der Waals surface area contributed by atoms with E-state index in [0.29, 0.717) is 13.0 Å². The van der Waals surface area contributed by atoms with Crippen molar-refractivity contribution in [2.75, 3.05) is 6.54 Å². The van der Waals surface area contributed by atoms with Crippen LogP contribution in [0, 0.1) is 0 Å². The first kappa shape index (κ1) is 10.3. The van der Waals surface area contributed by atoms with Gasteiger partial charge in [0.2, 0.25) is 0 Å². The Labute approximate surface area is 78.5 Å². The smallest absolute Gasteiger partial charge is 0.412 e. The summed E-state index contributed by atoms with van der Waals surface area (Å²) in [5.41, 5.74) is -0.487. The highest BCUT2D eigenvalue weighted by Gasteiger charge is 2.30. The predicted molar refractivity (Wildman–Crippen MR) is 48.2 cm³/mol. The Morgan fingerprint density at radius 2 is 2.15 bits per heavy atom. The number of carbonyl (C=O) groups excluding carboxylic acids is 1. The van der Waals surface area contributed by atoms with Crippen molar-refractivity contribution in [3.05, 3.63) is 0 Å². The highest BCUT2D eigenvalue weighted by atomic mass is 16.6. The van der Waals surface area contributed by atoms with Crippen LogP contribution in [0.4, 0.5) is 4.79 Å². The van der Waals surface area contributed by atoms with Crippen LogP contribution >= 0.6 is 0 Å². The van der Waals surface area contributed by atoms with Gasteiger partial charge in [-0.3, -0.25) is 4.90 Å². The topological polar surface area (TPSA) is 49.8 Å². The van der Waals surface area contributed by atoms with Crippen molar-refractivity contribution in [2.45, 2.75) is 45.4 Å². The van der Waals surface area contributed by atoms with Crippen molar-refractivity contribution in [3.8, 4) is 0 Å². The number of carbonyl (C=O) groups is 1. The average Bonchev–Trinajstić information content (AvgIpc) is 2.30. The maximum Gasteiger partial charge on any atom is 0.412 e. The molecule has 1 saturated heterocycles. The average molecular weight is 187 g/mol. The first-order valence-corrected chi connectivity index (χ1v) is 4.58. The number of ether oxygens (including phenoxy) is 1. The van der Waals surface area contributed by atoms with E-state index in [9.17, 15) is 9.90 Å². The van der Waals surface area contributed by atoms with Crippen LogP contribution in [0.3, 0.4) is 0 Å². The fourth-order valence-corrected chi connectivity index (χ4v) is 1.28. The third kappa shape index (κ3) is 2.88. The summed E-state index contributed by atoms with van der Waals surface area (Å²) in [6.45, 7) is 6.03. The summed E-state index contributed by atoms with van der Waals surface area (Å²) in [5, 5.41) is 9.38. The fourth-order valence-electron chi connectivity index (χ4n) is 1.28. The molecule has 1 atom stereocenters. The molecule has 0 aliphatic carbocycles. The zero-order valence-corrected chi connectivity index (χ0v) is 8.41. The molecule has 4 nitrogen and oxygen atoms in total. The molecule has 0 saturated carbocycles. The second-order valence-corrected chi connectivity index (χ2v) is 4.30. The first-order chi connectivity index (χ1) is 5.90. The zero-order valence-electron chi connectivity index (χ0n) is 8.41. The van der Waals surface area contributed by atoms with Crippen LogP contribution in [0.5, 0.6) is 0 Å². The molecular formula is C9H17NO3. The first-order valence-electron chi connectivity index (χ1n) is 4.58. The maximum atomic E-state index is 11.4. The van der Waals surface area contributed by atoms with Gasteiger partial charge in [-0.05, 0) is 33.6 Å². The highest BCUT2D eigenvalue weighted by Crippen LogP contribution is 2.18. The van der Waals surface area contributed by atoms with Crippen molar-refractivity contribution in [1.82, 2.24) is 4.90 Å². The van der Waals surface area contributed by atoms with E-state index < -0.39 is 17.9 Å². The SMILES string of the molecule is CC(C)(C)OC(=O)N1CCCC1O. The van der Waals surface area contributed by atoms with E-state index in [4.69, 9.17) is 4.74 Å². The molecule has 1 aliphatic rings. The minimum absolute atomic E-state index is 0.419. The van der Waals surface area contributed by atoms with Crippen LogP contribution in [0.15, 0.2) is 0 Å². The molecule has 1 amide bonds. The molecule has 1 rings (SSSR count). The third-order valence-electron chi connectivity index (χ3n) is 1.85. The molecule has 13 heavy (non-hydrogen) atoms. The van der Waals surface area contributed by atoms with E-state index in [-0.39, 0.29) is 0 Å². The van der Waals surface area contributed by atoms with Gasteiger partial charge in [-0.15, -0.1) is 0 Å². The normalized spacial score (nSPS) is 23.4. The second-order valence-electron chi connectivity index (χ2n) is 4.30. The van der Waals surface area contributed by atoms with Crippen molar-refractivity contribution < 1.29 is 14.6 Å². The van der Waals surface area contributed by atoms with Gasteiger partial charge in [0.15, 0.2) is 0 Å². The van der Waals surface area contributed by atoms with Crippen LogP contribution in [-0.4, -0.2) is 34.5 Å². The lowest BCUT2D eigenvalue weighted by atomic mass is 10.2. The molecular weight excluding hydrogens is 170 g/mol. The molecule has 1 fully saturated rings. The molecule has 0 spiro atoms. The molecule has 0 bridgehead atoms. The number of likely N-dealkylation sites (tertiary alicyclic amines) is 1. The van der Waals surface area contributed by atoms with E-state index in [2.05, 4.69) is 0 Å². The fraction of sp³-hybridized carbons (Fsp3) is 0.889. The number of amides is 1. The Morgan fingerprint density at radius 3 is 2.54 bits per heavy atom. The lowest BCUT2D eigenvalue weighted by Crippen LogP contribution is -2.39. The number of nitrogens with zero attached hydrogens (tertiary/aromatic N) is 1. The van der Waals surface area contributed by atoms with Gasteiger partial charge >= 0.3 is 6.09 Å². The van der Waals surface area contributed by atoms with Gasteiger partial charge in [-0.1, -0.05) is 0 Å². The molecule has 0 aromatic heterocycles. The molecule has 1 N–H and O–H groups in total. The van der Waals surface area contributed by atoms with Crippen molar-refractivity contribution in [3.63, 3.8) is 0 Å². The second kappa shape index (κ2) is 3.54. The maximum absolute atomic E-state index is 11.4. The van der Waals surface area contributed by atoms with Crippen LogP contribution in [0.2, 0.25) is 0 Å². The van der Waals surface area contributed by atoms with E-state index in [1.807, 2.05) is 20.8 Å². The summed E-state index contributed by atoms with van der Waals surface area (Å²) in [7, 11) is 0. The molecule has 1 unspecified atom stereocenters. The van der Waals surface area contributed by atoms with E-state index >= 15 is 0 Å². The van der Waals surface area contributed by atoms with Gasteiger partial charge in [0.05, 0.1) is 0 Å². The molecule has 0 radical (unpaired) electrons. The van der Waals surface area contributed by atoms with Gasteiger partial charge < -0.3 is 9.84 Å². The number of rotatable bonds is 0. The molecule has 1 aliphatic heterocycles. The molecule has 0 aromatic rings. The summed E-state index contributed by atoms with van der Waals surface area (Å²) in [4.78, 5) is 12.8. The third-order valence-corrected chi connectivity index (χ3v) is 1.85. The van der Waals surface area contributed by atoms with Crippen molar-refractivity contribution in [2.24, 2.45) is 0 Å². The monoisotopic (exact) mass is 187 g/mol. The quantitative estimate of drug-likeness (QED) is 0.622. The summed E-state index contributed by atoms with van der Waals surface area (Å²) in [6.07, 6.45) is 0.423. The van der Waals surface area contributed by atoms with Gasteiger partial charge in [0.25, 0.3) is 0 Å². The van der Waals surface area contributed by atoms with E-state index in [1.165, 1.54) is 4.90 Å². The predicted octanol–water partition coefficient (Wildman–Crippen LogP) is 1.34. The number of aliphatic hydroxyl groups excluding tert-OH is 1. The van der Waals surface area contributed by atoms with Crippen molar-refractivity contribution in [1.29, 1.82) is 0 Å². The Balaban J connectivity index is 2.48. The van der Waals surface area contributed by atoms with Gasteiger partial charge in [0.1, 0.15) is 11.8 Å². The van der Waals surface area contributed by atoms with Gasteiger partial charge in [-0.25, -0.2) is 4.79 Å². The molecule has 0 aromatic carbocycles. The van der Waals surface area contributed by atoms with E-state index in [0.717, 1.165) is 6.42 Å². The molecule has 1 heterocycles. The highest BCUT2D eigenvalue weighted by molar-refractivity contribution is 5.68. The Morgan fingerprint density at radius 1 is 1.54 bits per heavy atom. The summed E-state index contributed by atoms with van der Waals surface area (Å²) in [5.74, 6) is 0. The Hall–Kier alpha value is -0.770. The van der Waals surface area contributed by atoms with Crippen molar-refractivity contribution >= 4 is 6.09 Å². The molecule has 76 valence electrons. The lowest BCUT2D eigenvalue weighted by molar-refractivity contribution is -0.0128. The summed E-state index contributed by atoms with van der Waals surface area (Å²) < 4.78 is 5.12. The standard InChI is InChI=1S/C9H17NO3/c1-9(2,3)13-8(12)10-6-4-5-7(10)11/h7,11H,4-6H2,1-3H3. The number of aliphatic hydroxyl groups is 1. The minimum Gasteiger partial charge on any atom is -0.444 e. The van der Waals surface area contributed by atoms with Crippen LogP contribution < -0.4 is 0 Å². The Bertz CT molecular complexity index is 198. The lowest BCUT2D eigenvalue weighted by Gasteiger charge is -2.26. The van der Waals surface area contributed by atoms with Gasteiger partial charge in [-0.2, -0.15) is 0 Å².